The molecule has 0 bridgehead atoms. The predicted molar refractivity (Wildman–Crippen MR) is 50.0 cm³/mol. The van der Waals surface area contributed by atoms with E-state index in [1.807, 2.05) is 6.07 Å². The second-order valence-electron chi connectivity index (χ2n) is 2.32. The minimum absolute atomic E-state index is 0.171. The number of nitrogens with two attached hydrogens (primary N) is 1. The van der Waals surface area contributed by atoms with E-state index in [4.69, 9.17) is 15.7 Å². The van der Waals surface area contributed by atoms with Crippen LogP contribution in [0.25, 0.3) is 6.08 Å². The van der Waals surface area contributed by atoms with Crippen molar-refractivity contribution in [2.45, 2.75) is 0 Å². The van der Waals surface area contributed by atoms with E-state index >= 15 is 0 Å². The molecule has 0 radical (unpaired) electrons. The summed E-state index contributed by atoms with van der Waals surface area (Å²) in [6.45, 7) is 3.57. The first-order valence-electron chi connectivity index (χ1n) is 3.59. The van der Waals surface area contributed by atoms with Crippen LogP contribution < -0.4 is 10.5 Å². The Labute approximate surface area is 76.3 Å². The first kappa shape index (κ1) is 9.07. The lowest BCUT2D eigenvalue weighted by molar-refractivity contribution is 0.412. The topological polar surface area (TPSA) is 71.9 Å². The standard InChI is InChI=1S/C9H9N3O/c1-3-6-5-12-9(11)7(4-10)8(6)13-2/h3,5H,1H2,2H3,(H2,11,12). The van der Waals surface area contributed by atoms with Gasteiger partial charge in [0.05, 0.1) is 7.11 Å². The minimum Gasteiger partial charge on any atom is -0.495 e. The highest BCUT2D eigenvalue weighted by molar-refractivity contribution is 5.66. The molecule has 2 N–H and O–H groups in total. The average molecular weight is 175 g/mol. The highest BCUT2D eigenvalue weighted by Crippen LogP contribution is 2.26. The van der Waals surface area contributed by atoms with E-state index in [1.54, 1.807) is 6.08 Å². The van der Waals surface area contributed by atoms with Crippen LogP contribution in [-0.4, -0.2) is 12.1 Å². The fourth-order valence-electron chi connectivity index (χ4n) is 0.996. The first-order chi connectivity index (χ1) is 6.24. The van der Waals surface area contributed by atoms with Crippen molar-refractivity contribution in [2.75, 3.05) is 12.8 Å². The summed E-state index contributed by atoms with van der Waals surface area (Å²) in [6.07, 6.45) is 3.08. The van der Waals surface area contributed by atoms with Gasteiger partial charge in [0.2, 0.25) is 0 Å². The van der Waals surface area contributed by atoms with Gasteiger partial charge in [0.1, 0.15) is 23.2 Å². The maximum atomic E-state index is 8.77. The van der Waals surface area contributed by atoms with E-state index in [0.717, 1.165) is 0 Å². The summed E-state index contributed by atoms with van der Waals surface area (Å²) in [5.41, 5.74) is 6.39. The summed E-state index contributed by atoms with van der Waals surface area (Å²) >= 11 is 0. The summed E-state index contributed by atoms with van der Waals surface area (Å²) in [5, 5.41) is 8.77. The van der Waals surface area contributed by atoms with Gasteiger partial charge in [-0.3, -0.25) is 0 Å². The maximum absolute atomic E-state index is 8.77. The van der Waals surface area contributed by atoms with Crippen molar-refractivity contribution in [1.29, 1.82) is 5.26 Å². The molecule has 1 heterocycles. The van der Waals surface area contributed by atoms with E-state index in [9.17, 15) is 0 Å². The third-order valence-corrected chi connectivity index (χ3v) is 1.62. The van der Waals surface area contributed by atoms with Crippen LogP contribution in [0, 0.1) is 11.3 Å². The van der Waals surface area contributed by atoms with Crippen LogP contribution in [0.15, 0.2) is 12.8 Å². The molecule has 13 heavy (non-hydrogen) atoms. The zero-order valence-electron chi connectivity index (χ0n) is 7.24. The molecular weight excluding hydrogens is 166 g/mol. The molecule has 0 fully saturated rings. The molecule has 66 valence electrons. The number of hydrogen-bond acceptors (Lipinski definition) is 4. The zero-order chi connectivity index (χ0) is 9.84. The van der Waals surface area contributed by atoms with Gasteiger partial charge >= 0.3 is 0 Å². The molecule has 0 atom stereocenters. The molecule has 4 heteroatoms. The van der Waals surface area contributed by atoms with Gasteiger partial charge in [-0.15, -0.1) is 0 Å². The summed E-state index contributed by atoms with van der Waals surface area (Å²) in [7, 11) is 1.47. The molecule has 0 aliphatic carbocycles. The lowest BCUT2D eigenvalue weighted by Crippen LogP contribution is -1.99. The molecule has 0 aliphatic heterocycles. The van der Waals surface area contributed by atoms with Crippen LogP contribution in [-0.2, 0) is 0 Å². The van der Waals surface area contributed by atoms with E-state index < -0.39 is 0 Å². The zero-order valence-corrected chi connectivity index (χ0v) is 7.24. The van der Waals surface area contributed by atoms with E-state index in [2.05, 4.69) is 11.6 Å². The number of hydrogen-bond donors (Lipinski definition) is 1. The van der Waals surface area contributed by atoms with Crippen LogP contribution in [0.5, 0.6) is 5.75 Å². The molecular formula is C9H9N3O. The maximum Gasteiger partial charge on any atom is 0.149 e. The number of rotatable bonds is 2. The number of methoxy groups -OCH3 is 1. The molecule has 1 rings (SSSR count). The second-order valence-corrected chi connectivity index (χ2v) is 2.32. The summed E-state index contributed by atoms with van der Waals surface area (Å²) in [4.78, 5) is 3.83. The Morgan fingerprint density at radius 1 is 1.77 bits per heavy atom. The monoisotopic (exact) mass is 175 g/mol. The molecule has 0 saturated carbocycles. The Morgan fingerprint density at radius 3 is 2.92 bits per heavy atom. The molecule has 0 spiro atoms. The van der Waals surface area contributed by atoms with Crippen LogP contribution in [0.3, 0.4) is 0 Å². The quantitative estimate of drug-likeness (QED) is 0.732. The average Bonchev–Trinajstić information content (AvgIpc) is 2.17. The fraction of sp³-hybridized carbons (Fsp3) is 0.111. The van der Waals surface area contributed by atoms with Gasteiger partial charge in [-0.2, -0.15) is 5.26 Å². The van der Waals surface area contributed by atoms with Gasteiger partial charge in [-0.1, -0.05) is 12.7 Å². The van der Waals surface area contributed by atoms with E-state index in [1.165, 1.54) is 13.3 Å². The number of aromatic nitrogens is 1. The third-order valence-electron chi connectivity index (χ3n) is 1.62. The van der Waals surface area contributed by atoms with Crippen molar-refractivity contribution in [1.82, 2.24) is 4.98 Å². The van der Waals surface area contributed by atoms with Crippen molar-refractivity contribution in [3.05, 3.63) is 23.9 Å². The van der Waals surface area contributed by atoms with Crippen LogP contribution in [0.4, 0.5) is 5.82 Å². The van der Waals surface area contributed by atoms with E-state index in [-0.39, 0.29) is 11.4 Å². The van der Waals surface area contributed by atoms with Crippen molar-refractivity contribution >= 4 is 11.9 Å². The lowest BCUT2D eigenvalue weighted by Gasteiger charge is -2.07. The SMILES string of the molecule is C=Cc1cnc(N)c(C#N)c1OC. The van der Waals surface area contributed by atoms with E-state index in [0.29, 0.717) is 11.3 Å². The molecule has 1 aromatic heterocycles. The molecule has 0 saturated heterocycles. The number of pyridine rings is 1. The van der Waals surface area contributed by atoms with Crippen molar-refractivity contribution < 1.29 is 4.74 Å². The molecule has 4 nitrogen and oxygen atoms in total. The third kappa shape index (κ3) is 1.44. The Morgan fingerprint density at radius 2 is 2.46 bits per heavy atom. The highest BCUT2D eigenvalue weighted by Gasteiger charge is 2.10. The molecule has 0 amide bonds. The fourth-order valence-corrected chi connectivity index (χ4v) is 0.996. The lowest BCUT2D eigenvalue weighted by atomic mass is 10.1. The number of nitrogen functional groups attached to an aromatic ring is 1. The van der Waals surface area contributed by atoms with Gasteiger partial charge in [0.15, 0.2) is 0 Å². The predicted octanol–water partition coefficient (Wildman–Crippen LogP) is 1.19. The molecule has 0 unspecified atom stereocenters. The molecule has 0 aliphatic rings. The Balaban J connectivity index is 3.47. The van der Waals surface area contributed by atoms with Crippen LogP contribution in [0.2, 0.25) is 0 Å². The summed E-state index contributed by atoms with van der Waals surface area (Å²) < 4.78 is 5.03. The minimum atomic E-state index is 0.171. The summed E-state index contributed by atoms with van der Waals surface area (Å²) in [6, 6.07) is 1.93. The van der Waals surface area contributed by atoms with Crippen molar-refractivity contribution in [2.24, 2.45) is 0 Å². The number of ether oxygens (including phenoxy) is 1. The number of anilines is 1. The summed E-state index contributed by atoms with van der Waals surface area (Å²) in [5.74, 6) is 0.593. The molecule has 0 aromatic carbocycles. The smallest absolute Gasteiger partial charge is 0.149 e. The van der Waals surface area contributed by atoms with Crippen molar-refractivity contribution in [3.8, 4) is 11.8 Å². The van der Waals surface area contributed by atoms with Crippen molar-refractivity contribution in [3.63, 3.8) is 0 Å². The van der Waals surface area contributed by atoms with Gasteiger partial charge in [0, 0.05) is 11.8 Å². The Hall–Kier alpha value is -2.02. The normalized spacial score (nSPS) is 8.92. The van der Waals surface area contributed by atoms with Crippen LogP contribution in [0.1, 0.15) is 11.1 Å². The largest absolute Gasteiger partial charge is 0.495 e. The highest BCUT2D eigenvalue weighted by atomic mass is 16.5. The van der Waals surface area contributed by atoms with Gasteiger partial charge in [-0.25, -0.2) is 4.98 Å². The van der Waals surface area contributed by atoms with Crippen LogP contribution >= 0.6 is 0 Å². The number of nitrogens with zero attached hydrogens (tertiary/aromatic N) is 2. The van der Waals surface area contributed by atoms with Gasteiger partial charge in [-0.05, 0) is 0 Å². The Kier molecular flexibility index (Phi) is 2.50. The first-order valence-corrected chi connectivity index (χ1v) is 3.59. The Bertz CT molecular complexity index is 379. The van der Waals surface area contributed by atoms with Gasteiger partial charge < -0.3 is 10.5 Å². The molecule has 1 aromatic rings. The number of nitriles is 1. The van der Waals surface area contributed by atoms with Gasteiger partial charge in [0.25, 0.3) is 0 Å². The second kappa shape index (κ2) is 3.59.